The van der Waals surface area contributed by atoms with Crippen molar-refractivity contribution < 1.29 is 28.6 Å². The van der Waals surface area contributed by atoms with Gasteiger partial charge in [0.25, 0.3) is 5.91 Å². The highest BCUT2D eigenvalue weighted by atomic mass is 32.1. The molecule has 1 unspecified atom stereocenters. The Morgan fingerprint density at radius 3 is 2.79 bits per heavy atom. The van der Waals surface area contributed by atoms with Crippen molar-refractivity contribution in [2.75, 3.05) is 18.6 Å². The number of ether oxygens (including phenoxy) is 2. The van der Waals surface area contributed by atoms with Crippen molar-refractivity contribution in [1.82, 2.24) is 4.98 Å². The van der Waals surface area contributed by atoms with Crippen LogP contribution in [-0.2, 0) is 4.79 Å². The van der Waals surface area contributed by atoms with Gasteiger partial charge in [0.15, 0.2) is 28.0 Å². The fourth-order valence-electron chi connectivity index (χ4n) is 4.07. The van der Waals surface area contributed by atoms with E-state index in [1.165, 1.54) is 23.3 Å². The number of Topliss-reactive ketones (excluding diaryl/α,β-unsaturated/α-hetero) is 1. The van der Waals surface area contributed by atoms with Gasteiger partial charge in [-0.3, -0.25) is 14.5 Å². The van der Waals surface area contributed by atoms with E-state index in [0.717, 1.165) is 0 Å². The molecule has 172 valence electrons. The van der Waals surface area contributed by atoms with Crippen LogP contribution in [0, 0.1) is 0 Å². The highest BCUT2D eigenvalue weighted by molar-refractivity contribution is 7.13. The molecule has 0 spiro atoms. The first-order chi connectivity index (χ1) is 16.5. The van der Waals surface area contributed by atoms with Crippen molar-refractivity contribution in [2.45, 2.75) is 13.0 Å². The van der Waals surface area contributed by atoms with E-state index in [0.29, 0.717) is 39.8 Å². The number of carbonyl (C=O) groups is 2. The molecule has 0 bridgehead atoms. The molecule has 1 aliphatic rings. The van der Waals surface area contributed by atoms with Gasteiger partial charge in [-0.25, -0.2) is 4.98 Å². The number of furan rings is 1. The SMILES string of the molecule is CCOc1cccc(C2C(C(=O)c3cc4cccc(OC)c4o3)=C(O)C(=O)N2c2nccs2)c1. The molecule has 0 fully saturated rings. The van der Waals surface area contributed by atoms with Crippen LogP contribution < -0.4 is 14.4 Å². The average molecular weight is 477 g/mol. The monoisotopic (exact) mass is 476 g/mol. The summed E-state index contributed by atoms with van der Waals surface area (Å²) in [5.41, 5.74) is 0.909. The van der Waals surface area contributed by atoms with Gasteiger partial charge in [-0.1, -0.05) is 24.3 Å². The summed E-state index contributed by atoms with van der Waals surface area (Å²) in [6.07, 6.45) is 1.56. The molecule has 1 aliphatic heterocycles. The largest absolute Gasteiger partial charge is 0.503 e. The number of hydrogen-bond donors (Lipinski definition) is 1. The summed E-state index contributed by atoms with van der Waals surface area (Å²) >= 11 is 1.23. The van der Waals surface area contributed by atoms with E-state index in [9.17, 15) is 14.7 Å². The minimum absolute atomic E-state index is 0.0131. The number of para-hydroxylation sites is 1. The van der Waals surface area contributed by atoms with Crippen LogP contribution in [-0.4, -0.2) is 35.5 Å². The number of hydrogen-bond acceptors (Lipinski definition) is 8. The number of benzene rings is 2. The molecule has 0 radical (unpaired) electrons. The van der Waals surface area contributed by atoms with Crippen molar-refractivity contribution in [3.63, 3.8) is 0 Å². The third-order valence-corrected chi connectivity index (χ3v) is 6.29. The Labute approximate surface area is 198 Å². The van der Waals surface area contributed by atoms with Gasteiger partial charge in [-0.15, -0.1) is 11.3 Å². The molecular weight excluding hydrogens is 456 g/mol. The Morgan fingerprint density at radius 2 is 2.06 bits per heavy atom. The summed E-state index contributed by atoms with van der Waals surface area (Å²) in [6.45, 7) is 2.32. The quantitative estimate of drug-likeness (QED) is 0.371. The number of amides is 1. The molecule has 2 aromatic heterocycles. The predicted octanol–water partition coefficient (Wildman–Crippen LogP) is 5.08. The van der Waals surface area contributed by atoms with Crippen molar-refractivity contribution in [3.8, 4) is 11.5 Å². The number of rotatable bonds is 7. The number of ketones is 1. The number of carbonyl (C=O) groups excluding carboxylic acids is 2. The van der Waals surface area contributed by atoms with Gasteiger partial charge in [0.05, 0.1) is 25.3 Å². The van der Waals surface area contributed by atoms with Gasteiger partial charge in [-0.05, 0) is 36.8 Å². The van der Waals surface area contributed by atoms with Gasteiger partial charge in [0.2, 0.25) is 5.78 Å². The van der Waals surface area contributed by atoms with Crippen molar-refractivity contribution >= 4 is 39.1 Å². The fraction of sp³-hybridized carbons (Fsp3) is 0.160. The molecule has 1 N–H and O–H groups in total. The number of anilines is 1. The van der Waals surface area contributed by atoms with Crippen LogP contribution in [0.3, 0.4) is 0 Å². The first-order valence-corrected chi connectivity index (χ1v) is 11.4. The van der Waals surface area contributed by atoms with E-state index in [2.05, 4.69) is 4.98 Å². The molecule has 1 atom stereocenters. The van der Waals surface area contributed by atoms with Gasteiger partial charge >= 0.3 is 0 Å². The molecular formula is C25H20N2O6S. The number of aliphatic hydroxyl groups excluding tert-OH is 1. The summed E-state index contributed by atoms with van der Waals surface area (Å²) in [6, 6.07) is 13.0. The Bertz CT molecular complexity index is 1420. The molecule has 5 rings (SSSR count). The minimum Gasteiger partial charge on any atom is -0.503 e. The van der Waals surface area contributed by atoms with Crippen LogP contribution >= 0.6 is 11.3 Å². The maximum absolute atomic E-state index is 13.7. The number of aliphatic hydroxyl groups is 1. The van der Waals surface area contributed by atoms with E-state index in [1.54, 1.807) is 60.1 Å². The fourth-order valence-corrected chi connectivity index (χ4v) is 4.73. The lowest BCUT2D eigenvalue weighted by Gasteiger charge is -2.24. The second-order valence-corrected chi connectivity index (χ2v) is 8.35. The second-order valence-electron chi connectivity index (χ2n) is 7.48. The van der Waals surface area contributed by atoms with Gasteiger partial charge in [0.1, 0.15) is 5.75 Å². The normalized spacial score (nSPS) is 15.9. The van der Waals surface area contributed by atoms with Gasteiger partial charge in [-0.2, -0.15) is 0 Å². The molecule has 2 aromatic carbocycles. The lowest BCUT2D eigenvalue weighted by atomic mass is 9.95. The Hall–Kier alpha value is -4.11. The second kappa shape index (κ2) is 8.68. The molecule has 34 heavy (non-hydrogen) atoms. The zero-order valence-corrected chi connectivity index (χ0v) is 19.2. The van der Waals surface area contributed by atoms with Crippen LogP contribution in [0.2, 0.25) is 0 Å². The standard InChI is InChI=1S/C25H20N2O6S/c1-3-32-16-8-4-6-14(12-16)20-19(22(29)24(30)27(20)25-26-10-11-34-25)21(28)18-13-15-7-5-9-17(31-2)23(15)33-18/h4-13,20,29H,3H2,1-2H3. The number of methoxy groups -OCH3 is 1. The Balaban J connectivity index is 1.65. The highest BCUT2D eigenvalue weighted by Gasteiger charge is 2.46. The van der Waals surface area contributed by atoms with Crippen molar-refractivity contribution in [1.29, 1.82) is 0 Å². The summed E-state index contributed by atoms with van der Waals surface area (Å²) in [5, 5.41) is 13.6. The first kappa shape index (κ1) is 21.7. The molecule has 4 aromatic rings. The highest BCUT2D eigenvalue weighted by Crippen LogP contribution is 2.43. The van der Waals surface area contributed by atoms with Gasteiger partial charge < -0.3 is 19.0 Å². The zero-order valence-electron chi connectivity index (χ0n) is 18.3. The van der Waals surface area contributed by atoms with Crippen molar-refractivity contribution in [3.05, 3.63) is 82.8 Å². The maximum atomic E-state index is 13.7. The van der Waals surface area contributed by atoms with E-state index in [1.807, 2.05) is 6.92 Å². The molecule has 0 saturated heterocycles. The number of fused-ring (bicyclic) bond motifs is 1. The van der Waals surface area contributed by atoms with Crippen LogP contribution in [0.5, 0.6) is 11.5 Å². The van der Waals surface area contributed by atoms with E-state index in [-0.39, 0.29) is 11.3 Å². The molecule has 3 heterocycles. The summed E-state index contributed by atoms with van der Waals surface area (Å²) in [7, 11) is 1.51. The number of aromatic nitrogens is 1. The smallest absolute Gasteiger partial charge is 0.296 e. The van der Waals surface area contributed by atoms with Crippen LogP contribution in [0.4, 0.5) is 5.13 Å². The third-order valence-electron chi connectivity index (χ3n) is 5.51. The Morgan fingerprint density at radius 1 is 1.24 bits per heavy atom. The van der Waals surface area contributed by atoms with E-state index in [4.69, 9.17) is 13.9 Å². The number of thiazole rings is 1. The van der Waals surface area contributed by atoms with Crippen LogP contribution in [0.1, 0.15) is 29.1 Å². The van der Waals surface area contributed by atoms with Crippen LogP contribution in [0.15, 0.2) is 75.9 Å². The van der Waals surface area contributed by atoms with Crippen molar-refractivity contribution in [2.24, 2.45) is 0 Å². The summed E-state index contributed by atoms with van der Waals surface area (Å²) < 4.78 is 16.8. The first-order valence-electron chi connectivity index (χ1n) is 10.5. The maximum Gasteiger partial charge on any atom is 0.296 e. The lowest BCUT2D eigenvalue weighted by Crippen LogP contribution is -2.30. The predicted molar refractivity (Wildman–Crippen MR) is 127 cm³/mol. The van der Waals surface area contributed by atoms with Gasteiger partial charge in [0, 0.05) is 17.0 Å². The lowest BCUT2D eigenvalue weighted by molar-refractivity contribution is -0.117. The molecule has 1 amide bonds. The molecule has 0 saturated carbocycles. The third kappa shape index (κ3) is 3.50. The Kier molecular flexibility index (Phi) is 5.54. The number of nitrogens with zero attached hydrogens (tertiary/aromatic N) is 2. The summed E-state index contributed by atoms with van der Waals surface area (Å²) in [5.74, 6) is -0.908. The van der Waals surface area contributed by atoms with E-state index >= 15 is 0 Å². The average Bonchev–Trinajstić information content (AvgIpc) is 3.58. The molecule has 0 aliphatic carbocycles. The van der Waals surface area contributed by atoms with Crippen LogP contribution in [0.25, 0.3) is 11.0 Å². The molecule has 8 nitrogen and oxygen atoms in total. The minimum atomic E-state index is -0.915. The van der Waals surface area contributed by atoms with E-state index < -0.39 is 23.5 Å². The zero-order chi connectivity index (χ0) is 23.8. The molecule has 9 heteroatoms. The topological polar surface area (TPSA) is 102 Å². The summed E-state index contributed by atoms with van der Waals surface area (Å²) in [4.78, 5) is 32.4.